The quantitative estimate of drug-likeness (QED) is 0.0642. The summed E-state index contributed by atoms with van der Waals surface area (Å²) in [5.74, 6) is -1.14. The summed E-state index contributed by atoms with van der Waals surface area (Å²) in [7, 11) is 1.72. The molecule has 8 N–H and O–H groups in total. The fourth-order valence-corrected chi connectivity index (χ4v) is 7.88. The predicted octanol–water partition coefficient (Wildman–Crippen LogP) is -0.261. The molecule has 14 nitrogen and oxygen atoms in total. The first-order valence-corrected chi connectivity index (χ1v) is 16.2. The molecule has 0 bridgehead atoms. The first-order valence-electron chi connectivity index (χ1n) is 12.3. The van der Waals surface area contributed by atoms with Crippen molar-refractivity contribution in [2.75, 3.05) is 25.1 Å². The summed E-state index contributed by atoms with van der Waals surface area (Å²) < 4.78 is 2.69. The minimum atomic E-state index is -1.24. The normalized spacial score (nSPS) is 22.2. The van der Waals surface area contributed by atoms with Gasteiger partial charge in [-0.3, -0.25) is 35.4 Å². The van der Waals surface area contributed by atoms with Gasteiger partial charge >= 0.3 is 5.97 Å². The Labute approximate surface area is 252 Å². The number of likely N-dealkylation sites (N-methyl/N-ethyl adjacent to an activating group) is 1. The number of rotatable bonds is 13. The van der Waals surface area contributed by atoms with Crippen LogP contribution in [0.25, 0.3) is 0 Å². The number of thioether (sulfide) groups is 3. The molecule has 0 aliphatic carbocycles. The van der Waals surface area contributed by atoms with Crippen LogP contribution in [0.3, 0.4) is 0 Å². The van der Waals surface area contributed by atoms with Gasteiger partial charge in [0.25, 0.3) is 11.8 Å². The molecule has 220 valence electrons. The molecule has 4 heterocycles. The van der Waals surface area contributed by atoms with Crippen molar-refractivity contribution < 1.29 is 24.3 Å². The fraction of sp³-hybridized carbons (Fsp3) is 0.435. The van der Waals surface area contributed by atoms with E-state index in [-0.39, 0.29) is 23.5 Å². The van der Waals surface area contributed by atoms with Gasteiger partial charge in [-0.1, -0.05) is 11.8 Å². The number of carboxylic acid groups (broad SMARTS) is 1. The van der Waals surface area contributed by atoms with Crippen molar-refractivity contribution in [3.8, 4) is 0 Å². The number of carbonyl (C=O) groups excluding carboxylic acids is 3. The van der Waals surface area contributed by atoms with Crippen LogP contribution < -0.4 is 26.4 Å². The monoisotopic (exact) mass is 639 g/mol. The third-order valence-electron chi connectivity index (χ3n) is 6.11. The van der Waals surface area contributed by atoms with Crippen LogP contribution in [-0.2, 0) is 24.9 Å². The number of pyridine rings is 1. The molecule has 3 amide bonds. The highest BCUT2D eigenvalue weighted by Gasteiger charge is 2.54. The van der Waals surface area contributed by atoms with Gasteiger partial charge in [0.15, 0.2) is 17.0 Å². The lowest BCUT2D eigenvalue weighted by Gasteiger charge is -2.49. The van der Waals surface area contributed by atoms with E-state index >= 15 is 0 Å². The number of nitrogens with zero attached hydrogens (tertiary/aromatic N) is 3. The van der Waals surface area contributed by atoms with E-state index in [4.69, 9.17) is 11.1 Å². The Hall–Kier alpha value is -2.77. The average Bonchev–Trinajstić information content (AvgIpc) is 3.40. The van der Waals surface area contributed by atoms with E-state index in [0.717, 1.165) is 22.5 Å². The maximum absolute atomic E-state index is 13.0. The molecule has 3 aliphatic rings. The molecule has 1 aromatic rings. The van der Waals surface area contributed by atoms with E-state index in [0.29, 0.717) is 28.7 Å². The zero-order chi connectivity index (χ0) is 29.7. The number of carboxylic acids is 1. The standard InChI is InChI=1S/C23H29N9O5S4/c1-10(26-2)18(33)28-6-7-38-8-11-12(4-3-5-27-11)40-13-9-39-21-15(20(35)32(21)16(13)22(36)37)29-19(34)14(24)17-30-23(25)41-31-17/h3-5,10,15,21,23-24,26H,6-9,25H2,1-2H3,(H,28,33)(H,29,34)(H,30,31)(H,36,37)/t10-,15+,21+,23?/m0/s1. The van der Waals surface area contributed by atoms with Crippen LogP contribution in [0, 0.1) is 5.41 Å². The molecular weight excluding hydrogens is 611 g/mol. The van der Waals surface area contributed by atoms with E-state index in [9.17, 15) is 24.3 Å². The van der Waals surface area contributed by atoms with Crippen LogP contribution in [0.5, 0.6) is 0 Å². The maximum atomic E-state index is 13.0. The third kappa shape index (κ3) is 7.18. The number of amidine groups is 1. The zero-order valence-electron chi connectivity index (χ0n) is 22.0. The van der Waals surface area contributed by atoms with Crippen LogP contribution in [0.1, 0.15) is 12.6 Å². The van der Waals surface area contributed by atoms with E-state index < -0.39 is 40.4 Å². The first-order chi connectivity index (χ1) is 19.6. The van der Waals surface area contributed by atoms with Crippen molar-refractivity contribution in [3.63, 3.8) is 0 Å². The van der Waals surface area contributed by atoms with E-state index in [2.05, 4.69) is 30.6 Å². The Bertz CT molecular complexity index is 1310. The minimum absolute atomic E-state index is 0.0170. The molecular formula is C23H29N9O5S4. The van der Waals surface area contributed by atoms with Crippen molar-refractivity contribution in [1.29, 1.82) is 5.41 Å². The van der Waals surface area contributed by atoms with E-state index in [1.54, 1.807) is 38.0 Å². The summed E-state index contributed by atoms with van der Waals surface area (Å²) >= 11 is 5.23. The Morgan fingerprint density at radius 1 is 1.39 bits per heavy atom. The molecule has 1 saturated heterocycles. The zero-order valence-corrected chi connectivity index (χ0v) is 25.3. The molecule has 1 unspecified atom stereocenters. The van der Waals surface area contributed by atoms with Gasteiger partial charge in [-0.25, -0.2) is 9.79 Å². The molecule has 4 atom stereocenters. The second kappa shape index (κ2) is 13.9. The van der Waals surface area contributed by atoms with Crippen molar-refractivity contribution in [2.24, 2.45) is 10.7 Å². The third-order valence-corrected chi connectivity index (χ3v) is 10.4. The number of aliphatic imine (C=N–C) groups is 1. The molecule has 0 aromatic carbocycles. The predicted molar refractivity (Wildman–Crippen MR) is 161 cm³/mol. The number of β-lactam (4-membered cyclic amide) rings is 1. The van der Waals surface area contributed by atoms with Crippen molar-refractivity contribution in [1.82, 2.24) is 30.6 Å². The summed E-state index contributed by atoms with van der Waals surface area (Å²) in [6.07, 6.45) is 1.66. The molecule has 4 rings (SSSR count). The van der Waals surface area contributed by atoms with E-state index in [1.165, 1.54) is 28.4 Å². The highest BCUT2D eigenvalue weighted by atomic mass is 32.2. The topological polar surface area (TPSA) is 215 Å². The minimum Gasteiger partial charge on any atom is -0.477 e. The Morgan fingerprint density at radius 3 is 2.85 bits per heavy atom. The Kier molecular flexibility index (Phi) is 10.6. The van der Waals surface area contributed by atoms with Gasteiger partial charge in [-0.2, -0.15) is 11.8 Å². The number of aromatic nitrogens is 1. The number of fused-ring (bicyclic) bond motifs is 1. The van der Waals surface area contributed by atoms with Crippen molar-refractivity contribution in [3.05, 3.63) is 34.6 Å². The van der Waals surface area contributed by atoms with Gasteiger partial charge in [0, 0.05) is 39.8 Å². The lowest BCUT2D eigenvalue weighted by molar-refractivity contribution is -0.150. The molecule has 1 aromatic heterocycles. The lowest BCUT2D eigenvalue weighted by Crippen LogP contribution is -2.71. The second-order valence-corrected chi connectivity index (χ2v) is 13.1. The summed E-state index contributed by atoms with van der Waals surface area (Å²) in [6, 6.07) is 2.37. The maximum Gasteiger partial charge on any atom is 0.353 e. The summed E-state index contributed by atoms with van der Waals surface area (Å²) in [5, 5.41) is 25.7. The molecule has 3 aliphatic heterocycles. The first kappa shape index (κ1) is 31.2. The summed E-state index contributed by atoms with van der Waals surface area (Å²) in [5.41, 5.74) is 5.17. The molecule has 0 radical (unpaired) electrons. The fourth-order valence-electron chi connectivity index (χ4n) is 3.86. The molecule has 0 saturated carbocycles. The SMILES string of the molecule is CN[C@@H](C)C(=O)NCCSCc1ncccc1SC1=C(C(=O)O)N2C(=O)[C@@H](NC(=O)C(=N)C3=NC(N)SN3)[C@H]2SC1. The van der Waals surface area contributed by atoms with Gasteiger partial charge in [0.05, 0.1) is 11.7 Å². The molecule has 41 heavy (non-hydrogen) atoms. The highest BCUT2D eigenvalue weighted by Crippen LogP contribution is 2.45. The number of nitrogens with two attached hydrogens (primary N) is 1. The van der Waals surface area contributed by atoms with Crippen molar-refractivity contribution >= 4 is 82.5 Å². The smallest absolute Gasteiger partial charge is 0.353 e. The van der Waals surface area contributed by atoms with Crippen LogP contribution in [-0.4, -0.2) is 98.3 Å². The van der Waals surface area contributed by atoms with Crippen LogP contribution in [0.2, 0.25) is 0 Å². The number of aliphatic carboxylic acids is 1. The number of amides is 3. The highest BCUT2D eigenvalue weighted by molar-refractivity contribution is 8.06. The molecule has 1 fully saturated rings. The molecule has 0 spiro atoms. The number of nitrogens with one attached hydrogen (secondary N) is 5. The average molecular weight is 640 g/mol. The van der Waals surface area contributed by atoms with Crippen LogP contribution in [0.15, 0.2) is 38.8 Å². The largest absolute Gasteiger partial charge is 0.477 e. The van der Waals surface area contributed by atoms with Crippen LogP contribution >= 0.6 is 47.2 Å². The summed E-state index contributed by atoms with van der Waals surface area (Å²) in [4.78, 5) is 60.6. The summed E-state index contributed by atoms with van der Waals surface area (Å²) in [6.45, 7) is 2.28. The van der Waals surface area contributed by atoms with Crippen LogP contribution in [0.4, 0.5) is 0 Å². The number of hydrogen-bond donors (Lipinski definition) is 7. The number of hydrogen-bond acceptors (Lipinski definition) is 14. The van der Waals surface area contributed by atoms with Crippen molar-refractivity contribution in [2.45, 2.75) is 40.5 Å². The Balaban J connectivity index is 1.39. The van der Waals surface area contributed by atoms with Gasteiger partial charge < -0.3 is 25.8 Å². The van der Waals surface area contributed by atoms with Gasteiger partial charge in [-0.15, -0.1) is 11.8 Å². The van der Waals surface area contributed by atoms with E-state index in [1.807, 2.05) is 6.07 Å². The lowest BCUT2D eigenvalue weighted by atomic mass is 10.0. The Morgan fingerprint density at radius 2 is 2.17 bits per heavy atom. The molecule has 18 heteroatoms. The van der Waals surface area contributed by atoms with Gasteiger partial charge in [-0.05, 0) is 38.1 Å². The van der Waals surface area contributed by atoms with Gasteiger partial charge in [0.2, 0.25) is 5.91 Å². The number of carbonyl (C=O) groups is 4. The second-order valence-electron chi connectivity index (χ2n) is 8.81. The van der Waals surface area contributed by atoms with Gasteiger partial charge in [0.1, 0.15) is 17.1 Å².